The minimum absolute atomic E-state index is 0.0827. The van der Waals surface area contributed by atoms with Gasteiger partial charge in [0.15, 0.2) is 0 Å². The lowest BCUT2D eigenvalue weighted by atomic mass is 10.0. The molecular weight excluding hydrogens is 669 g/mol. The molecule has 3 aromatic carbocycles. The molecule has 47 heavy (non-hydrogen) atoms. The van der Waals surface area contributed by atoms with Crippen molar-refractivity contribution < 1.29 is 39.9 Å². The van der Waals surface area contributed by atoms with Gasteiger partial charge in [-0.2, -0.15) is 4.31 Å². The number of carbonyl (C=O) groups excluding carboxylic acids is 1. The molecule has 1 N–H and O–H groups in total. The third kappa shape index (κ3) is 7.91. The molecule has 0 aliphatic carbocycles. The van der Waals surface area contributed by atoms with Gasteiger partial charge in [0.05, 0.1) is 21.6 Å². The standard InChI is InChI=1S/C31H29ClF5N5O4S/c1-2-14-30(33,34)21-8-6-20(7-9-21)17-39-29(43)26-19-41(27-18-38-28-24(32)4-3-5-25(28)40-27)15-16-42(26)47(44,45)23-12-10-22(11-13-23)46-31(35,36)37/h3-13,18,26H,2,14-17,19H2,1H3,(H,39,43)/t26-/m1/s1. The van der Waals surface area contributed by atoms with E-state index in [1.807, 2.05) is 0 Å². The molecule has 250 valence electrons. The van der Waals surface area contributed by atoms with Crippen molar-refractivity contribution in [3.05, 3.63) is 89.1 Å². The summed E-state index contributed by atoms with van der Waals surface area (Å²) in [6, 6.07) is 12.9. The van der Waals surface area contributed by atoms with Crippen LogP contribution in [0.4, 0.5) is 27.8 Å². The van der Waals surface area contributed by atoms with Crippen LogP contribution in [0.3, 0.4) is 0 Å². The van der Waals surface area contributed by atoms with Gasteiger partial charge in [-0.05, 0) is 42.0 Å². The Labute approximate surface area is 272 Å². The van der Waals surface area contributed by atoms with Crippen LogP contribution in [0, 0.1) is 0 Å². The lowest BCUT2D eigenvalue weighted by molar-refractivity contribution is -0.274. The van der Waals surface area contributed by atoms with Crippen molar-refractivity contribution in [3.8, 4) is 5.75 Å². The number of nitrogens with one attached hydrogen (secondary N) is 1. The predicted molar refractivity (Wildman–Crippen MR) is 165 cm³/mol. The number of para-hydroxylation sites is 1. The fraction of sp³-hybridized carbons (Fsp3) is 0.323. The highest BCUT2D eigenvalue weighted by Crippen LogP contribution is 2.33. The number of hydrogen-bond acceptors (Lipinski definition) is 7. The van der Waals surface area contributed by atoms with E-state index >= 15 is 0 Å². The summed E-state index contributed by atoms with van der Waals surface area (Å²) in [5.41, 5.74) is 1.30. The lowest BCUT2D eigenvalue weighted by Gasteiger charge is -2.40. The molecule has 0 saturated carbocycles. The lowest BCUT2D eigenvalue weighted by Crippen LogP contribution is -2.60. The Morgan fingerprint density at radius 3 is 2.38 bits per heavy atom. The van der Waals surface area contributed by atoms with E-state index in [0.717, 1.165) is 28.6 Å². The zero-order valence-corrected chi connectivity index (χ0v) is 26.4. The third-order valence-electron chi connectivity index (χ3n) is 7.54. The molecule has 0 radical (unpaired) electrons. The minimum atomic E-state index is -4.96. The fourth-order valence-corrected chi connectivity index (χ4v) is 6.99. The summed E-state index contributed by atoms with van der Waals surface area (Å²) in [5, 5.41) is 3.08. The normalized spacial score (nSPS) is 16.3. The van der Waals surface area contributed by atoms with Gasteiger partial charge in [-0.25, -0.2) is 27.2 Å². The number of halogens is 6. The molecule has 1 aliphatic heterocycles. The van der Waals surface area contributed by atoms with Crippen LogP contribution in [0.1, 0.15) is 30.9 Å². The second-order valence-corrected chi connectivity index (χ2v) is 13.1. The summed E-state index contributed by atoms with van der Waals surface area (Å²) in [7, 11) is -4.40. The van der Waals surface area contributed by atoms with Gasteiger partial charge in [0.25, 0.3) is 5.92 Å². The Morgan fingerprint density at radius 2 is 1.72 bits per heavy atom. The van der Waals surface area contributed by atoms with E-state index in [1.54, 1.807) is 30.0 Å². The minimum Gasteiger partial charge on any atom is -0.406 e. The van der Waals surface area contributed by atoms with Gasteiger partial charge in [0.2, 0.25) is 15.9 Å². The SMILES string of the molecule is CCCC(F)(F)c1ccc(CNC(=O)[C@H]2CN(c3cnc4c(Cl)cccc4n3)CCN2S(=O)(=O)c2ccc(OC(F)(F)F)cc2)cc1. The molecule has 5 rings (SSSR count). The van der Waals surface area contributed by atoms with Crippen molar-refractivity contribution in [2.45, 2.75) is 49.5 Å². The number of piperazine rings is 1. The Balaban J connectivity index is 1.40. The maximum absolute atomic E-state index is 14.3. The summed E-state index contributed by atoms with van der Waals surface area (Å²) in [5.74, 6) is -3.92. The van der Waals surface area contributed by atoms with Crippen molar-refractivity contribution in [2.75, 3.05) is 24.5 Å². The van der Waals surface area contributed by atoms with Gasteiger partial charge in [-0.3, -0.25) is 4.79 Å². The zero-order chi connectivity index (χ0) is 34.0. The smallest absolute Gasteiger partial charge is 0.406 e. The molecule has 1 aliphatic rings. The van der Waals surface area contributed by atoms with Crippen molar-refractivity contribution in [1.29, 1.82) is 0 Å². The molecule has 1 saturated heterocycles. The highest BCUT2D eigenvalue weighted by Gasteiger charge is 2.41. The molecule has 9 nitrogen and oxygen atoms in total. The van der Waals surface area contributed by atoms with E-state index < -0.39 is 40.0 Å². The van der Waals surface area contributed by atoms with Crippen molar-refractivity contribution in [3.63, 3.8) is 0 Å². The molecule has 16 heteroatoms. The number of nitrogens with zero attached hydrogens (tertiary/aromatic N) is 4. The van der Waals surface area contributed by atoms with E-state index in [0.29, 0.717) is 33.9 Å². The van der Waals surface area contributed by atoms with Crippen LogP contribution in [0.25, 0.3) is 11.0 Å². The summed E-state index contributed by atoms with van der Waals surface area (Å²) in [6.45, 7) is 1.35. The van der Waals surface area contributed by atoms with Crippen molar-refractivity contribution >= 4 is 44.4 Å². The number of aromatic nitrogens is 2. The second kappa shape index (κ2) is 13.6. The predicted octanol–water partition coefficient (Wildman–Crippen LogP) is 6.27. The maximum Gasteiger partial charge on any atom is 0.573 e. The number of anilines is 1. The highest BCUT2D eigenvalue weighted by atomic mass is 35.5. The molecule has 0 spiro atoms. The number of ether oxygens (including phenoxy) is 1. The first-order chi connectivity index (χ1) is 22.2. The molecule has 1 atom stereocenters. The van der Waals surface area contributed by atoms with Crippen LogP contribution in [-0.2, 0) is 27.3 Å². The largest absolute Gasteiger partial charge is 0.573 e. The number of fused-ring (bicyclic) bond motifs is 1. The fourth-order valence-electron chi connectivity index (χ4n) is 5.21. The molecular formula is C31H29ClF5N5O4S. The second-order valence-electron chi connectivity index (χ2n) is 10.8. The van der Waals surface area contributed by atoms with Gasteiger partial charge in [0.1, 0.15) is 23.1 Å². The zero-order valence-electron chi connectivity index (χ0n) is 24.8. The van der Waals surface area contributed by atoms with Gasteiger partial charge in [-0.1, -0.05) is 55.3 Å². The average Bonchev–Trinajstić information content (AvgIpc) is 3.03. The topological polar surface area (TPSA) is 105 Å². The van der Waals surface area contributed by atoms with Crippen LogP contribution in [0.5, 0.6) is 5.75 Å². The summed E-state index contributed by atoms with van der Waals surface area (Å²) in [6.07, 6.45) is -3.51. The molecule has 1 aromatic heterocycles. The number of amides is 1. The molecule has 0 bridgehead atoms. The van der Waals surface area contributed by atoms with Gasteiger partial charge in [-0.15, -0.1) is 13.2 Å². The Kier molecular flexibility index (Phi) is 9.89. The van der Waals surface area contributed by atoms with E-state index in [9.17, 15) is 35.2 Å². The van der Waals surface area contributed by atoms with E-state index in [4.69, 9.17) is 11.6 Å². The van der Waals surface area contributed by atoms with Crippen LogP contribution in [0.2, 0.25) is 5.02 Å². The number of alkyl halides is 5. The van der Waals surface area contributed by atoms with Crippen LogP contribution < -0.4 is 15.0 Å². The Hall–Kier alpha value is -4.08. The molecule has 0 unspecified atom stereocenters. The number of benzene rings is 3. The van der Waals surface area contributed by atoms with E-state index in [1.165, 1.54) is 30.5 Å². The van der Waals surface area contributed by atoms with Crippen molar-refractivity contribution in [2.24, 2.45) is 0 Å². The first-order valence-corrected chi connectivity index (χ1v) is 16.3. The van der Waals surface area contributed by atoms with Gasteiger partial charge < -0.3 is 15.0 Å². The molecule has 1 amide bonds. The summed E-state index contributed by atoms with van der Waals surface area (Å²) in [4.78, 5) is 24.0. The first kappa shape index (κ1) is 34.3. The number of sulfonamides is 1. The van der Waals surface area contributed by atoms with E-state index in [-0.39, 0.29) is 43.1 Å². The molecule has 2 heterocycles. The Morgan fingerprint density at radius 1 is 1.02 bits per heavy atom. The monoisotopic (exact) mass is 697 g/mol. The highest BCUT2D eigenvalue weighted by molar-refractivity contribution is 7.89. The van der Waals surface area contributed by atoms with Crippen LogP contribution in [-0.4, -0.2) is 60.6 Å². The number of rotatable bonds is 10. The molecule has 4 aromatic rings. The maximum atomic E-state index is 14.3. The first-order valence-electron chi connectivity index (χ1n) is 14.5. The van der Waals surface area contributed by atoms with Crippen molar-refractivity contribution in [1.82, 2.24) is 19.6 Å². The van der Waals surface area contributed by atoms with E-state index in [2.05, 4.69) is 20.0 Å². The van der Waals surface area contributed by atoms with Crippen LogP contribution >= 0.6 is 11.6 Å². The van der Waals surface area contributed by atoms with Crippen LogP contribution in [0.15, 0.2) is 77.8 Å². The summed E-state index contributed by atoms with van der Waals surface area (Å²) >= 11 is 6.22. The third-order valence-corrected chi connectivity index (χ3v) is 9.77. The molecule has 1 fully saturated rings. The quantitative estimate of drug-likeness (QED) is 0.195. The average molecular weight is 698 g/mol. The summed E-state index contributed by atoms with van der Waals surface area (Å²) < 4.78 is 98.9. The number of carbonyl (C=O) groups is 1. The van der Waals surface area contributed by atoms with Gasteiger partial charge >= 0.3 is 6.36 Å². The Bertz CT molecular complexity index is 1840. The number of hydrogen-bond donors (Lipinski definition) is 1. The van der Waals surface area contributed by atoms with Gasteiger partial charge in [0, 0.05) is 38.2 Å².